The van der Waals surface area contributed by atoms with Gasteiger partial charge in [0.2, 0.25) is 0 Å². The van der Waals surface area contributed by atoms with Crippen molar-refractivity contribution in [1.82, 2.24) is 5.32 Å². The van der Waals surface area contributed by atoms with Gasteiger partial charge in [0.1, 0.15) is 5.75 Å². The van der Waals surface area contributed by atoms with E-state index in [1.165, 1.54) is 5.56 Å². The molecule has 0 radical (unpaired) electrons. The molecule has 0 fully saturated rings. The summed E-state index contributed by atoms with van der Waals surface area (Å²) in [5.41, 5.74) is 2.35. The maximum absolute atomic E-state index is 12.0. The van der Waals surface area contributed by atoms with Crippen LogP contribution in [0.5, 0.6) is 5.75 Å². The van der Waals surface area contributed by atoms with Crippen molar-refractivity contribution in [3.05, 3.63) is 29.3 Å². The summed E-state index contributed by atoms with van der Waals surface area (Å²) in [7, 11) is 0. The molecule has 2 nitrogen and oxygen atoms in total. The van der Waals surface area contributed by atoms with Gasteiger partial charge in [-0.15, -0.1) is 0 Å². The lowest BCUT2D eigenvalue weighted by Gasteiger charge is -2.18. The second-order valence-corrected chi connectivity index (χ2v) is 4.21. The molecule has 1 rings (SSSR count). The molecule has 0 aliphatic heterocycles. The summed E-state index contributed by atoms with van der Waals surface area (Å²) in [5, 5.41) is 3.37. The monoisotopic (exact) mass is 239 g/mol. The Kier molecular flexibility index (Phi) is 5.98. The molecule has 0 aromatic heterocycles. The van der Waals surface area contributed by atoms with Gasteiger partial charge in [-0.25, -0.2) is 0 Å². The molecule has 17 heavy (non-hydrogen) atoms. The Bertz CT molecular complexity index is 341. The first kappa shape index (κ1) is 14.0. The van der Waals surface area contributed by atoms with Crippen molar-refractivity contribution in [2.75, 3.05) is 19.8 Å². The molecule has 0 aliphatic rings. The molecule has 3 heteroatoms. The van der Waals surface area contributed by atoms with Crippen LogP contribution in [0.4, 0.5) is 4.39 Å². The van der Waals surface area contributed by atoms with E-state index in [-0.39, 0.29) is 12.7 Å². The van der Waals surface area contributed by atoms with Crippen LogP contribution in [0.3, 0.4) is 0 Å². The van der Waals surface area contributed by atoms with Gasteiger partial charge in [-0.1, -0.05) is 24.6 Å². The largest absolute Gasteiger partial charge is 0.493 e. The van der Waals surface area contributed by atoms with E-state index < -0.39 is 0 Å². The predicted molar refractivity (Wildman–Crippen MR) is 69.4 cm³/mol. The van der Waals surface area contributed by atoms with Crippen LogP contribution >= 0.6 is 0 Å². The van der Waals surface area contributed by atoms with Gasteiger partial charge in [0.25, 0.3) is 0 Å². The third-order valence-corrected chi connectivity index (χ3v) is 2.68. The zero-order valence-electron chi connectivity index (χ0n) is 10.9. The van der Waals surface area contributed by atoms with E-state index in [4.69, 9.17) is 4.74 Å². The lowest BCUT2D eigenvalue weighted by atomic mass is 10.0. The van der Waals surface area contributed by atoms with Crippen molar-refractivity contribution in [1.29, 1.82) is 0 Å². The third kappa shape index (κ3) is 4.35. The average Bonchev–Trinajstić information content (AvgIpc) is 2.31. The van der Waals surface area contributed by atoms with E-state index in [9.17, 15) is 4.39 Å². The van der Waals surface area contributed by atoms with Crippen LogP contribution in [0.15, 0.2) is 18.2 Å². The first-order valence-corrected chi connectivity index (χ1v) is 6.21. The molecule has 0 aliphatic carbocycles. The Hall–Kier alpha value is -1.09. The molecule has 1 aromatic rings. The fraction of sp³-hybridized carbons (Fsp3) is 0.571. The summed E-state index contributed by atoms with van der Waals surface area (Å²) in [4.78, 5) is 0. The minimum absolute atomic E-state index is 0.250. The molecule has 0 saturated heterocycles. The predicted octanol–water partition coefficient (Wildman–Crippen LogP) is 3.40. The van der Waals surface area contributed by atoms with Gasteiger partial charge in [-0.3, -0.25) is 4.39 Å². The highest BCUT2D eigenvalue weighted by Crippen LogP contribution is 2.26. The number of nitrogens with one attached hydrogen (secondary N) is 1. The first-order chi connectivity index (χ1) is 8.19. The highest BCUT2D eigenvalue weighted by atomic mass is 19.1. The van der Waals surface area contributed by atoms with Crippen molar-refractivity contribution in [3.8, 4) is 5.75 Å². The molecule has 1 unspecified atom stereocenters. The van der Waals surface area contributed by atoms with E-state index in [1.807, 2.05) is 12.1 Å². The number of benzene rings is 1. The molecular weight excluding hydrogens is 217 g/mol. The molecule has 1 atom stereocenters. The van der Waals surface area contributed by atoms with Gasteiger partial charge < -0.3 is 10.1 Å². The standard InChI is InChI=1S/C14H22FNO/c1-4-16-12(3)13-10-11(2)6-7-14(13)17-9-5-8-15/h6-7,10,12,16H,4-5,8-9H2,1-3H3. The van der Waals surface area contributed by atoms with Gasteiger partial charge in [0.05, 0.1) is 13.3 Å². The van der Waals surface area contributed by atoms with Crippen LogP contribution in [0.25, 0.3) is 0 Å². The molecule has 1 N–H and O–H groups in total. The Morgan fingerprint density at radius 3 is 2.82 bits per heavy atom. The van der Waals surface area contributed by atoms with Crippen LogP contribution in [-0.2, 0) is 0 Å². The van der Waals surface area contributed by atoms with Gasteiger partial charge in [0.15, 0.2) is 0 Å². The van der Waals surface area contributed by atoms with Crippen LogP contribution in [0.1, 0.15) is 37.4 Å². The van der Waals surface area contributed by atoms with E-state index >= 15 is 0 Å². The van der Waals surface area contributed by atoms with E-state index in [2.05, 4.69) is 32.2 Å². The molecule has 0 heterocycles. The lowest BCUT2D eigenvalue weighted by Crippen LogP contribution is -2.18. The van der Waals surface area contributed by atoms with Gasteiger partial charge >= 0.3 is 0 Å². The molecule has 1 aromatic carbocycles. The van der Waals surface area contributed by atoms with E-state index in [1.54, 1.807) is 0 Å². The van der Waals surface area contributed by atoms with Crippen LogP contribution in [0.2, 0.25) is 0 Å². The van der Waals surface area contributed by atoms with E-state index in [0.29, 0.717) is 13.0 Å². The zero-order chi connectivity index (χ0) is 12.7. The quantitative estimate of drug-likeness (QED) is 0.736. The Labute approximate surface area is 103 Å². The molecule has 96 valence electrons. The van der Waals surface area contributed by atoms with Crippen molar-refractivity contribution in [3.63, 3.8) is 0 Å². The van der Waals surface area contributed by atoms with E-state index in [0.717, 1.165) is 17.9 Å². The normalized spacial score (nSPS) is 12.5. The third-order valence-electron chi connectivity index (χ3n) is 2.68. The highest BCUT2D eigenvalue weighted by molar-refractivity contribution is 5.38. The van der Waals surface area contributed by atoms with Crippen LogP contribution in [0, 0.1) is 6.92 Å². The maximum atomic E-state index is 12.0. The molecule has 0 bridgehead atoms. The summed E-state index contributed by atoms with van der Waals surface area (Å²) in [6.07, 6.45) is 0.447. The number of alkyl halides is 1. The zero-order valence-corrected chi connectivity index (χ0v) is 10.9. The lowest BCUT2D eigenvalue weighted by molar-refractivity contribution is 0.285. The molecule has 0 amide bonds. The van der Waals surface area contributed by atoms with Gasteiger partial charge in [-0.05, 0) is 26.5 Å². The number of hydrogen-bond donors (Lipinski definition) is 1. The number of ether oxygens (including phenoxy) is 1. The summed E-state index contributed by atoms with van der Waals surface area (Å²) < 4.78 is 17.7. The van der Waals surface area contributed by atoms with Gasteiger partial charge in [-0.2, -0.15) is 0 Å². The van der Waals surface area contributed by atoms with Crippen molar-refractivity contribution >= 4 is 0 Å². The fourth-order valence-corrected chi connectivity index (χ4v) is 1.79. The second-order valence-electron chi connectivity index (χ2n) is 4.21. The molecule has 0 spiro atoms. The summed E-state index contributed by atoms with van der Waals surface area (Å²) in [6, 6.07) is 6.36. The number of aryl methyl sites for hydroxylation is 1. The molecule has 0 saturated carbocycles. The Morgan fingerprint density at radius 1 is 1.41 bits per heavy atom. The van der Waals surface area contributed by atoms with Crippen molar-refractivity contribution in [2.24, 2.45) is 0 Å². The smallest absolute Gasteiger partial charge is 0.124 e. The summed E-state index contributed by atoms with van der Waals surface area (Å²) in [5.74, 6) is 0.859. The van der Waals surface area contributed by atoms with Crippen LogP contribution in [-0.4, -0.2) is 19.8 Å². The minimum Gasteiger partial charge on any atom is -0.493 e. The maximum Gasteiger partial charge on any atom is 0.124 e. The number of rotatable bonds is 7. The fourth-order valence-electron chi connectivity index (χ4n) is 1.79. The first-order valence-electron chi connectivity index (χ1n) is 6.21. The topological polar surface area (TPSA) is 21.3 Å². The Morgan fingerprint density at radius 2 is 2.18 bits per heavy atom. The SMILES string of the molecule is CCNC(C)c1cc(C)ccc1OCCCF. The van der Waals surface area contributed by atoms with Crippen LogP contribution < -0.4 is 10.1 Å². The highest BCUT2D eigenvalue weighted by Gasteiger charge is 2.10. The minimum atomic E-state index is -0.329. The Balaban J connectivity index is 2.79. The second kappa shape index (κ2) is 7.28. The van der Waals surface area contributed by atoms with Gasteiger partial charge in [0, 0.05) is 18.0 Å². The summed E-state index contributed by atoms with van der Waals surface area (Å²) in [6.45, 7) is 7.28. The number of hydrogen-bond acceptors (Lipinski definition) is 2. The average molecular weight is 239 g/mol. The van der Waals surface area contributed by atoms with Crippen molar-refractivity contribution < 1.29 is 9.13 Å². The number of halogens is 1. The summed E-state index contributed by atoms with van der Waals surface area (Å²) >= 11 is 0. The van der Waals surface area contributed by atoms with Crippen molar-refractivity contribution in [2.45, 2.75) is 33.2 Å². The molecular formula is C14H22FNO.